The summed E-state index contributed by atoms with van der Waals surface area (Å²) in [5, 5.41) is 0. The third kappa shape index (κ3) is 5.20. The van der Waals surface area contributed by atoms with Crippen LogP contribution in [-0.4, -0.2) is 53.1 Å². The molecule has 0 bridgehead atoms. The van der Waals surface area contributed by atoms with Crippen LogP contribution in [0.3, 0.4) is 0 Å². The van der Waals surface area contributed by atoms with Gasteiger partial charge in [0.2, 0.25) is 0 Å². The summed E-state index contributed by atoms with van der Waals surface area (Å²) in [7, 11) is 0. The minimum absolute atomic E-state index is 0.126. The molecule has 1 aromatic heterocycles. The number of piperidine rings is 1. The highest BCUT2D eigenvalue weighted by Gasteiger charge is 2.33. The highest BCUT2D eigenvalue weighted by Crippen LogP contribution is 2.28. The number of hydrogen-bond donors (Lipinski definition) is 0. The van der Waals surface area contributed by atoms with Gasteiger partial charge in [-0.05, 0) is 57.0 Å². The molecule has 0 saturated carbocycles. The molecule has 1 fully saturated rings. The molecule has 2 heterocycles. The van der Waals surface area contributed by atoms with E-state index < -0.39 is 18.0 Å². The summed E-state index contributed by atoms with van der Waals surface area (Å²) < 4.78 is 44.0. The van der Waals surface area contributed by atoms with E-state index in [1.54, 1.807) is 17.0 Å². The van der Waals surface area contributed by atoms with Crippen LogP contribution in [0.1, 0.15) is 42.7 Å². The van der Waals surface area contributed by atoms with E-state index in [0.717, 1.165) is 31.0 Å². The molecule has 1 aromatic carbocycles. The fraction of sp³-hybridized carbons (Fsp3) is 0.476. The van der Waals surface area contributed by atoms with Crippen LogP contribution in [0.25, 0.3) is 0 Å². The van der Waals surface area contributed by atoms with Gasteiger partial charge in [-0.1, -0.05) is 0 Å². The number of rotatable bonds is 6. The van der Waals surface area contributed by atoms with Crippen molar-refractivity contribution in [2.45, 2.75) is 39.0 Å². The highest BCUT2D eigenvalue weighted by molar-refractivity contribution is 5.94. The smallest absolute Gasteiger partial charge is 0.433 e. The van der Waals surface area contributed by atoms with Crippen molar-refractivity contribution in [2.75, 3.05) is 31.1 Å². The van der Waals surface area contributed by atoms with Gasteiger partial charge in [-0.25, -0.2) is 4.98 Å². The quantitative estimate of drug-likeness (QED) is 0.704. The second-order valence-electron chi connectivity index (χ2n) is 7.07. The number of halogens is 3. The fourth-order valence-electron chi connectivity index (χ4n) is 3.51. The number of aromatic nitrogens is 2. The molecule has 162 valence electrons. The summed E-state index contributed by atoms with van der Waals surface area (Å²) in [6.07, 6.45) is -2.69. The lowest BCUT2D eigenvalue weighted by molar-refractivity contribution is -0.141. The summed E-state index contributed by atoms with van der Waals surface area (Å²) in [4.78, 5) is 23.9. The Bertz CT molecular complexity index is 854. The maximum atomic E-state index is 12.9. The van der Waals surface area contributed by atoms with Gasteiger partial charge in [0.05, 0.1) is 6.54 Å². The average molecular weight is 422 g/mol. The Labute approximate surface area is 173 Å². The lowest BCUT2D eigenvalue weighted by atomic mass is 10.1. The zero-order valence-electron chi connectivity index (χ0n) is 17.0. The van der Waals surface area contributed by atoms with Crippen molar-refractivity contribution < 1.29 is 22.7 Å². The molecule has 9 heteroatoms. The first-order valence-electron chi connectivity index (χ1n) is 10.0. The maximum Gasteiger partial charge on any atom is 0.433 e. The van der Waals surface area contributed by atoms with Gasteiger partial charge in [0, 0.05) is 37.1 Å². The molecule has 1 saturated heterocycles. The predicted octanol–water partition coefficient (Wildman–Crippen LogP) is 4.03. The summed E-state index contributed by atoms with van der Waals surface area (Å²) in [5.41, 5.74) is 0.574. The molecular weight excluding hydrogens is 397 g/mol. The standard InChI is InChI=1S/C21H25F3N4O2/c1-3-27(4-2)16-9-7-15(8-10-16)19(29)28-13-5-6-17(14-28)30-20-25-12-11-18(26-20)21(22,23)24/h7-12,17H,3-6,13-14H2,1-2H3. The van der Waals surface area contributed by atoms with E-state index in [0.29, 0.717) is 24.9 Å². The van der Waals surface area contributed by atoms with Crippen LogP contribution in [0.2, 0.25) is 0 Å². The van der Waals surface area contributed by atoms with E-state index in [1.165, 1.54) is 0 Å². The Morgan fingerprint density at radius 2 is 1.90 bits per heavy atom. The molecule has 2 aromatic rings. The molecule has 0 spiro atoms. The molecule has 3 rings (SSSR count). The Balaban J connectivity index is 1.65. The number of amides is 1. The van der Waals surface area contributed by atoms with Crippen LogP contribution < -0.4 is 9.64 Å². The SMILES string of the molecule is CCN(CC)c1ccc(C(=O)N2CCCC(Oc3nccc(C(F)(F)F)n3)C2)cc1. The Morgan fingerprint density at radius 3 is 2.53 bits per heavy atom. The van der Waals surface area contributed by atoms with Gasteiger partial charge in [-0.15, -0.1) is 0 Å². The first kappa shape index (κ1) is 21.9. The Kier molecular flexibility index (Phi) is 6.79. The number of nitrogens with zero attached hydrogens (tertiary/aromatic N) is 4. The maximum absolute atomic E-state index is 12.9. The molecule has 1 amide bonds. The molecule has 0 radical (unpaired) electrons. The van der Waals surface area contributed by atoms with Crippen molar-refractivity contribution in [2.24, 2.45) is 0 Å². The van der Waals surface area contributed by atoms with Crippen molar-refractivity contribution in [3.63, 3.8) is 0 Å². The molecule has 0 aliphatic carbocycles. The highest BCUT2D eigenvalue weighted by atomic mass is 19.4. The fourth-order valence-corrected chi connectivity index (χ4v) is 3.51. The van der Waals surface area contributed by atoms with E-state index in [1.807, 2.05) is 12.1 Å². The molecule has 0 N–H and O–H groups in total. The minimum atomic E-state index is -4.56. The van der Waals surface area contributed by atoms with Crippen LogP contribution in [0.5, 0.6) is 6.01 Å². The molecule has 30 heavy (non-hydrogen) atoms. The topological polar surface area (TPSA) is 58.6 Å². The van der Waals surface area contributed by atoms with E-state index in [4.69, 9.17) is 4.74 Å². The van der Waals surface area contributed by atoms with Gasteiger partial charge in [0.25, 0.3) is 5.91 Å². The van der Waals surface area contributed by atoms with E-state index in [2.05, 4.69) is 28.7 Å². The second-order valence-corrected chi connectivity index (χ2v) is 7.07. The van der Waals surface area contributed by atoms with Crippen molar-refractivity contribution in [3.05, 3.63) is 47.8 Å². The summed E-state index contributed by atoms with van der Waals surface area (Å²) in [6, 6.07) is 7.93. The van der Waals surface area contributed by atoms with Gasteiger partial charge in [-0.3, -0.25) is 4.79 Å². The van der Waals surface area contributed by atoms with Crippen LogP contribution in [0.15, 0.2) is 36.5 Å². The van der Waals surface area contributed by atoms with Gasteiger partial charge in [0.15, 0.2) is 5.69 Å². The average Bonchev–Trinajstić information content (AvgIpc) is 2.74. The second kappa shape index (κ2) is 9.32. The van der Waals surface area contributed by atoms with Gasteiger partial charge < -0.3 is 14.5 Å². The minimum Gasteiger partial charge on any atom is -0.458 e. The summed E-state index contributed by atoms with van der Waals surface area (Å²) >= 11 is 0. The van der Waals surface area contributed by atoms with Crippen LogP contribution >= 0.6 is 0 Å². The molecule has 6 nitrogen and oxygen atoms in total. The van der Waals surface area contributed by atoms with Crippen molar-refractivity contribution in [1.82, 2.24) is 14.9 Å². The molecular formula is C21H25F3N4O2. The van der Waals surface area contributed by atoms with Crippen molar-refractivity contribution >= 4 is 11.6 Å². The van der Waals surface area contributed by atoms with E-state index >= 15 is 0 Å². The Morgan fingerprint density at radius 1 is 1.20 bits per heavy atom. The normalized spacial score (nSPS) is 17.0. The third-order valence-corrected chi connectivity index (χ3v) is 5.10. The number of benzene rings is 1. The predicted molar refractivity (Wildman–Crippen MR) is 107 cm³/mol. The lowest BCUT2D eigenvalue weighted by Crippen LogP contribution is -2.44. The zero-order chi connectivity index (χ0) is 21.7. The monoisotopic (exact) mass is 422 g/mol. The number of ether oxygens (including phenoxy) is 1. The Hall–Kier alpha value is -2.84. The third-order valence-electron chi connectivity index (χ3n) is 5.10. The van der Waals surface area contributed by atoms with E-state index in [-0.39, 0.29) is 18.5 Å². The number of hydrogen-bond acceptors (Lipinski definition) is 5. The lowest BCUT2D eigenvalue weighted by Gasteiger charge is -2.32. The number of alkyl halides is 3. The van der Waals surface area contributed by atoms with Gasteiger partial charge >= 0.3 is 12.2 Å². The number of carbonyl (C=O) groups excluding carboxylic acids is 1. The van der Waals surface area contributed by atoms with Crippen LogP contribution in [0, 0.1) is 0 Å². The number of carbonyl (C=O) groups is 1. The first-order valence-corrected chi connectivity index (χ1v) is 10.0. The van der Waals surface area contributed by atoms with Gasteiger partial charge in [-0.2, -0.15) is 18.2 Å². The van der Waals surface area contributed by atoms with Crippen LogP contribution in [-0.2, 0) is 6.18 Å². The number of likely N-dealkylation sites (tertiary alicyclic amines) is 1. The van der Waals surface area contributed by atoms with Gasteiger partial charge in [0.1, 0.15) is 6.10 Å². The first-order chi connectivity index (χ1) is 14.3. The van der Waals surface area contributed by atoms with Crippen LogP contribution in [0.4, 0.5) is 18.9 Å². The summed E-state index contributed by atoms with van der Waals surface area (Å²) in [6.45, 7) is 6.75. The largest absolute Gasteiger partial charge is 0.458 e. The number of anilines is 1. The summed E-state index contributed by atoms with van der Waals surface area (Å²) in [5.74, 6) is -0.126. The molecule has 1 aliphatic heterocycles. The van der Waals surface area contributed by atoms with E-state index in [9.17, 15) is 18.0 Å². The van der Waals surface area contributed by atoms with Crippen molar-refractivity contribution in [1.29, 1.82) is 0 Å². The molecule has 1 unspecified atom stereocenters. The van der Waals surface area contributed by atoms with Crippen molar-refractivity contribution in [3.8, 4) is 6.01 Å². The molecule has 1 aliphatic rings. The molecule has 1 atom stereocenters. The zero-order valence-corrected chi connectivity index (χ0v) is 17.0.